The summed E-state index contributed by atoms with van der Waals surface area (Å²) in [7, 11) is 1.66. The van der Waals surface area contributed by atoms with Gasteiger partial charge in [-0.1, -0.05) is 35.5 Å². The molecule has 0 saturated carbocycles. The van der Waals surface area contributed by atoms with Crippen LogP contribution in [0.5, 0.6) is 5.75 Å². The Labute approximate surface area is 170 Å². The van der Waals surface area contributed by atoms with Crippen LogP contribution in [0.25, 0.3) is 16.9 Å². The summed E-state index contributed by atoms with van der Waals surface area (Å²) in [4.78, 5) is 5.29. The fourth-order valence-electron chi connectivity index (χ4n) is 3.13. The Hall–Kier alpha value is -2.98. The number of oxime groups is 1. The quantitative estimate of drug-likeness (QED) is 0.212. The van der Waals surface area contributed by atoms with E-state index in [0.29, 0.717) is 11.6 Å². The molecule has 0 saturated heterocycles. The lowest BCUT2D eigenvalue weighted by molar-refractivity contribution is 0.175. The van der Waals surface area contributed by atoms with Gasteiger partial charge in [0.2, 0.25) is 0 Å². The summed E-state index contributed by atoms with van der Waals surface area (Å²) in [5, 5.41) is 4.91. The van der Waals surface area contributed by atoms with Crippen molar-refractivity contribution in [2.75, 3.05) is 13.7 Å². The zero-order chi connectivity index (χ0) is 20.1. The van der Waals surface area contributed by atoms with Crippen LogP contribution in [0.1, 0.15) is 18.2 Å². The summed E-state index contributed by atoms with van der Waals surface area (Å²) in [5.74, 6) is 0.817. The molecule has 0 bridgehead atoms. The number of aromatic nitrogens is 1. The number of hydrogen-bond donors (Lipinski definition) is 0. The van der Waals surface area contributed by atoms with Crippen molar-refractivity contribution in [1.29, 1.82) is 0 Å². The Morgan fingerprint density at radius 1 is 1.18 bits per heavy atom. The summed E-state index contributed by atoms with van der Waals surface area (Å²) in [5.41, 5.74) is 5.95. The molecule has 3 aromatic rings. The average molecular weight is 395 g/mol. The van der Waals surface area contributed by atoms with Crippen LogP contribution in [0.2, 0.25) is 5.02 Å². The lowest BCUT2D eigenvalue weighted by Gasteiger charge is -2.13. The zero-order valence-corrected chi connectivity index (χ0v) is 17.0. The van der Waals surface area contributed by atoms with Crippen LogP contribution in [0.3, 0.4) is 0 Å². The SMILES string of the molecule is C=CCO/N=C(/C)c1cc(-c2ccc(OC)cc2)n(-c2cccc(Cl)c2)c1C. The van der Waals surface area contributed by atoms with Crippen molar-refractivity contribution >= 4 is 17.3 Å². The third-order valence-corrected chi connectivity index (χ3v) is 4.72. The van der Waals surface area contributed by atoms with Gasteiger partial charge in [-0.15, -0.1) is 0 Å². The number of halogens is 1. The highest BCUT2D eigenvalue weighted by molar-refractivity contribution is 6.30. The maximum absolute atomic E-state index is 6.26. The second-order valence-corrected chi connectivity index (χ2v) is 6.77. The standard InChI is InChI=1S/C23H23ClN2O2/c1-5-13-28-25-16(2)22-15-23(18-9-11-21(27-4)12-10-18)26(17(22)3)20-8-6-7-19(24)14-20/h5-12,14-15H,1,13H2,2-4H3/b25-16-. The van der Waals surface area contributed by atoms with Gasteiger partial charge in [-0.3, -0.25) is 0 Å². The molecule has 0 atom stereocenters. The molecule has 144 valence electrons. The van der Waals surface area contributed by atoms with Gasteiger partial charge < -0.3 is 14.1 Å². The van der Waals surface area contributed by atoms with E-state index in [1.165, 1.54) is 0 Å². The van der Waals surface area contributed by atoms with Crippen LogP contribution in [0, 0.1) is 6.92 Å². The average Bonchev–Trinajstić information content (AvgIpc) is 3.05. The summed E-state index contributed by atoms with van der Waals surface area (Å²) >= 11 is 6.26. The fourth-order valence-corrected chi connectivity index (χ4v) is 3.32. The monoisotopic (exact) mass is 394 g/mol. The van der Waals surface area contributed by atoms with E-state index in [2.05, 4.69) is 29.3 Å². The van der Waals surface area contributed by atoms with Crippen LogP contribution in [0.4, 0.5) is 0 Å². The van der Waals surface area contributed by atoms with Crippen molar-refractivity contribution in [2.24, 2.45) is 5.16 Å². The molecule has 1 aromatic heterocycles. The molecule has 0 aliphatic carbocycles. The van der Waals surface area contributed by atoms with E-state index in [-0.39, 0.29) is 0 Å². The summed E-state index contributed by atoms with van der Waals surface area (Å²) in [6.45, 7) is 8.02. The topological polar surface area (TPSA) is 35.8 Å². The molecule has 0 N–H and O–H groups in total. The first kappa shape index (κ1) is 19.8. The third-order valence-electron chi connectivity index (χ3n) is 4.48. The Bertz CT molecular complexity index is 1000. The van der Waals surface area contributed by atoms with E-state index < -0.39 is 0 Å². The lowest BCUT2D eigenvalue weighted by Crippen LogP contribution is -2.02. The Morgan fingerprint density at radius 2 is 1.93 bits per heavy atom. The van der Waals surface area contributed by atoms with Gasteiger partial charge in [-0.25, -0.2) is 0 Å². The molecule has 0 radical (unpaired) electrons. The number of ether oxygens (including phenoxy) is 1. The maximum Gasteiger partial charge on any atom is 0.135 e. The molecule has 1 heterocycles. The van der Waals surface area contributed by atoms with Gasteiger partial charge in [0.15, 0.2) is 0 Å². The normalized spacial score (nSPS) is 11.4. The molecular weight excluding hydrogens is 372 g/mol. The van der Waals surface area contributed by atoms with Gasteiger partial charge in [0.05, 0.1) is 18.5 Å². The molecule has 28 heavy (non-hydrogen) atoms. The van der Waals surface area contributed by atoms with Crippen LogP contribution >= 0.6 is 11.6 Å². The van der Waals surface area contributed by atoms with E-state index in [9.17, 15) is 0 Å². The van der Waals surface area contributed by atoms with Crippen molar-refractivity contribution in [2.45, 2.75) is 13.8 Å². The summed E-state index contributed by atoms with van der Waals surface area (Å²) < 4.78 is 7.47. The fraction of sp³-hybridized carbons (Fsp3) is 0.174. The Balaban J connectivity index is 2.17. The van der Waals surface area contributed by atoms with Gasteiger partial charge in [0.25, 0.3) is 0 Å². The van der Waals surface area contributed by atoms with E-state index in [1.807, 2.05) is 55.5 Å². The van der Waals surface area contributed by atoms with Gasteiger partial charge in [0, 0.05) is 22.0 Å². The third kappa shape index (κ3) is 4.12. The van der Waals surface area contributed by atoms with Crippen LogP contribution in [-0.4, -0.2) is 24.0 Å². The van der Waals surface area contributed by atoms with Gasteiger partial charge in [-0.05, 0) is 67.9 Å². The second kappa shape index (κ2) is 8.81. The van der Waals surface area contributed by atoms with Crippen LogP contribution in [-0.2, 0) is 4.84 Å². The predicted molar refractivity (Wildman–Crippen MR) is 116 cm³/mol. The van der Waals surface area contributed by atoms with E-state index >= 15 is 0 Å². The Morgan fingerprint density at radius 3 is 2.57 bits per heavy atom. The highest BCUT2D eigenvalue weighted by Crippen LogP contribution is 2.31. The molecule has 0 aliphatic heterocycles. The highest BCUT2D eigenvalue weighted by atomic mass is 35.5. The maximum atomic E-state index is 6.26. The van der Waals surface area contributed by atoms with Crippen molar-refractivity contribution < 1.29 is 9.57 Å². The molecule has 0 fully saturated rings. The zero-order valence-electron chi connectivity index (χ0n) is 16.3. The van der Waals surface area contributed by atoms with Crippen molar-refractivity contribution in [1.82, 2.24) is 4.57 Å². The number of nitrogens with zero attached hydrogens (tertiary/aromatic N) is 2. The largest absolute Gasteiger partial charge is 0.497 e. The van der Waals surface area contributed by atoms with Crippen LogP contribution in [0.15, 0.2) is 72.4 Å². The Kier molecular flexibility index (Phi) is 6.22. The number of hydrogen-bond acceptors (Lipinski definition) is 3. The number of rotatable bonds is 7. The predicted octanol–water partition coefficient (Wildman–Crippen LogP) is 6.04. The molecule has 3 rings (SSSR count). The van der Waals surface area contributed by atoms with Crippen molar-refractivity contribution in [3.8, 4) is 22.7 Å². The molecule has 5 heteroatoms. The minimum Gasteiger partial charge on any atom is -0.497 e. The number of methoxy groups -OCH3 is 1. The van der Waals surface area contributed by atoms with Gasteiger partial charge in [-0.2, -0.15) is 0 Å². The van der Waals surface area contributed by atoms with Crippen molar-refractivity contribution in [3.05, 3.63) is 83.5 Å². The minimum absolute atomic E-state index is 0.372. The lowest BCUT2D eigenvalue weighted by atomic mass is 10.1. The van der Waals surface area contributed by atoms with Crippen molar-refractivity contribution in [3.63, 3.8) is 0 Å². The minimum atomic E-state index is 0.372. The molecule has 0 aliphatic rings. The smallest absolute Gasteiger partial charge is 0.135 e. The van der Waals surface area contributed by atoms with E-state index in [1.54, 1.807) is 13.2 Å². The molecule has 0 unspecified atom stereocenters. The van der Waals surface area contributed by atoms with E-state index in [4.69, 9.17) is 21.2 Å². The number of benzene rings is 2. The first-order valence-corrected chi connectivity index (χ1v) is 9.33. The molecule has 2 aromatic carbocycles. The van der Waals surface area contributed by atoms with E-state index in [0.717, 1.165) is 39.7 Å². The molecule has 0 amide bonds. The summed E-state index contributed by atoms with van der Waals surface area (Å²) in [6, 6.07) is 17.9. The highest BCUT2D eigenvalue weighted by Gasteiger charge is 2.17. The molecule has 4 nitrogen and oxygen atoms in total. The molecular formula is C23H23ClN2O2. The molecule has 0 spiro atoms. The summed E-state index contributed by atoms with van der Waals surface area (Å²) in [6.07, 6.45) is 1.67. The first-order chi connectivity index (χ1) is 13.5. The van der Waals surface area contributed by atoms with Gasteiger partial charge in [0.1, 0.15) is 12.4 Å². The van der Waals surface area contributed by atoms with Gasteiger partial charge >= 0.3 is 0 Å². The first-order valence-electron chi connectivity index (χ1n) is 8.95. The van der Waals surface area contributed by atoms with Crippen LogP contribution < -0.4 is 4.74 Å². The second-order valence-electron chi connectivity index (χ2n) is 6.33.